The summed E-state index contributed by atoms with van der Waals surface area (Å²) in [6, 6.07) is 7.66. The summed E-state index contributed by atoms with van der Waals surface area (Å²) in [5, 5.41) is 2.84. The Balaban J connectivity index is 2.43. The summed E-state index contributed by atoms with van der Waals surface area (Å²) in [6.07, 6.45) is 0. The highest BCUT2D eigenvalue weighted by Crippen LogP contribution is 2.29. The fraction of sp³-hybridized carbons (Fsp3) is 0.143. The zero-order chi connectivity index (χ0) is 13.3. The van der Waals surface area contributed by atoms with Gasteiger partial charge in [-0.15, -0.1) is 0 Å². The third-order valence-corrected chi connectivity index (χ3v) is 2.81. The maximum absolute atomic E-state index is 13.7. The Morgan fingerprint density at radius 3 is 2.39 bits per heavy atom. The summed E-state index contributed by atoms with van der Waals surface area (Å²) in [5.74, 6) is -0.956. The maximum Gasteiger partial charge on any atom is 0.147 e. The Bertz CT molecular complexity index is 574. The quantitative estimate of drug-likeness (QED) is 0.791. The van der Waals surface area contributed by atoms with Crippen LogP contribution in [0.2, 0.25) is 0 Å². The lowest BCUT2D eigenvalue weighted by Crippen LogP contribution is -2.01. The van der Waals surface area contributed by atoms with Crippen molar-refractivity contribution in [1.82, 2.24) is 0 Å². The molecule has 0 radical (unpaired) electrons. The normalized spacial score (nSPS) is 10.4. The monoisotopic (exact) mass is 248 g/mol. The minimum absolute atomic E-state index is 0.0825. The van der Waals surface area contributed by atoms with Gasteiger partial charge in [0.1, 0.15) is 11.6 Å². The van der Waals surface area contributed by atoms with E-state index in [2.05, 4.69) is 5.32 Å². The summed E-state index contributed by atoms with van der Waals surface area (Å²) < 4.78 is 27.1. The molecule has 0 aliphatic heterocycles. The van der Waals surface area contributed by atoms with Crippen molar-refractivity contribution in [2.45, 2.75) is 13.8 Å². The van der Waals surface area contributed by atoms with Gasteiger partial charge in [0, 0.05) is 6.07 Å². The first-order valence-electron chi connectivity index (χ1n) is 5.57. The van der Waals surface area contributed by atoms with E-state index >= 15 is 0 Å². The Morgan fingerprint density at radius 2 is 1.72 bits per heavy atom. The highest BCUT2D eigenvalue weighted by atomic mass is 19.1. The molecule has 2 rings (SSSR count). The van der Waals surface area contributed by atoms with Crippen LogP contribution >= 0.6 is 0 Å². The standard InChI is InChI=1S/C14H14F2N2/c1-8-4-3-5-12(17)14(8)18-13-7-10(15)9(2)6-11(13)16/h3-7,18H,17H2,1-2H3. The van der Waals surface area contributed by atoms with Gasteiger partial charge in [0.25, 0.3) is 0 Å². The van der Waals surface area contributed by atoms with Crippen LogP contribution in [0, 0.1) is 25.5 Å². The average Bonchev–Trinajstić information content (AvgIpc) is 2.30. The second-order valence-electron chi connectivity index (χ2n) is 4.25. The van der Waals surface area contributed by atoms with E-state index in [0.717, 1.165) is 17.7 Å². The fourth-order valence-electron chi connectivity index (χ4n) is 1.74. The van der Waals surface area contributed by atoms with Crippen LogP contribution in [-0.2, 0) is 0 Å². The highest BCUT2D eigenvalue weighted by molar-refractivity contribution is 5.75. The number of para-hydroxylation sites is 1. The van der Waals surface area contributed by atoms with Gasteiger partial charge in [-0.1, -0.05) is 12.1 Å². The van der Waals surface area contributed by atoms with Crippen LogP contribution in [0.1, 0.15) is 11.1 Å². The van der Waals surface area contributed by atoms with E-state index in [1.165, 1.54) is 6.92 Å². The van der Waals surface area contributed by atoms with E-state index < -0.39 is 11.6 Å². The molecule has 0 amide bonds. The third-order valence-electron chi connectivity index (χ3n) is 2.81. The molecule has 0 atom stereocenters. The zero-order valence-corrected chi connectivity index (χ0v) is 10.2. The molecule has 2 nitrogen and oxygen atoms in total. The number of aryl methyl sites for hydroxylation is 2. The van der Waals surface area contributed by atoms with Gasteiger partial charge >= 0.3 is 0 Å². The molecule has 0 heterocycles. The van der Waals surface area contributed by atoms with Crippen LogP contribution in [0.5, 0.6) is 0 Å². The van der Waals surface area contributed by atoms with Crippen LogP contribution in [-0.4, -0.2) is 0 Å². The molecule has 0 aromatic heterocycles. The number of rotatable bonds is 2. The summed E-state index contributed by atoms with van der Waals surface area (Å²) in [6.45, 7) is 3.37. The molecule has 3 N–H and O–H groups in total. The van der Waals surface area contributed by atoms with Gasteiger partial charge in [-0.2, -0.15) is 0 Å². The first-order chi connectivity index (χ1) is 8.49. The number of nitrogen functional groups attached to an aromatic ring is 1. The molecule has 18 heavy (non-hydrogen) atoms. The van der Waals surface area contributed by atoms with Gasteiger partial charge in [0.2, 0.25) is 0 Å². The van der Waals surface area contributed by atoms with Gasteiger partial charge in [-0.25, -0.2) is 8.78 Å². The highest BCUT2D eigenvalue weighted by Gasteiger charge is 2.10. The van der Waals surface area contributed by atoms with E-state index in [-0.39, 0.29) is 11.3 Å². The lowest BCUT2D eigenvalue weighted by atomic mass is 10.1. The van der Waals surface area contributed by atoms with Gasteiger partial charge in [-0.3, -0.25) is 0 Å². The van der Waals surface area contributed by atoms with E-state index in [1.54, 1.807) is 6.07 Å². The SMILES string of the molecule is Cc1cc(F)c(Nc2c(C)cccc2N)cc1F. The van der Waals surface area contributed by atoms with Crippen LogP contribution in [0.25, 0.3) is 0 Å². The van der Waals surface area contributed by atoms with Crippen molar-refractivity contribution in [2.75, 3.05) is 11.1 Å². The number of anilines is 3. The molecule has 0 unspecified atom stereocenters. The smallest absolute Gasteiger partial charge is 0.147 e. The van der Waals surface area contributed by atoms with Gasteiger partial charge in [0.15, 0.2) is 0 Å². The zero-order valence-electron chi connectivity index (χ0n) is 10.2. The Hall–Kier alpha value is -2.10. The van der Waals surface area contributed by atoms with Gasteiger partial charge in [-0.05, 0) is 37.1 Å². The molecule has 2 aromatic rings. The first kappa shape index (κ1) is 12.4. The summed E-state index contributed by atoms with van der Waals surface area (Å²) in [4.78, 5) is 0. The Kier molecular flexibility index (Phi) is 3.19. The second-order valence-corrected chi connectivity index (χ2v) is 4.25. The number of benzene rings is 2. The number of halogens is 2. The largest absolute Gasteiger partial charge is 0.397 e. The molecule has 0 aliphatic carbocycles. The van der Waals surface area contributed by atoms with E-state index in [0.29, 0.717) is 11.4 Å². The minimum atomic E-state index is -0.503. The Morgan fingerprint density at radius 1 is 1.00 bits per heavy atom. The van der Waals surface area contributed by atoms with Crippen LogP contribution in [0.3, 0.4) is 0 Å². The molecule has 0 fully saturated rings. The van der Waals surface area contributed by atoms with E-state index in [4.69, 9.17) is 5.73 Å². The molecule has 4 heteroatoms. The number of nitrogens with one attached hydrogen (secondary N) is 1. The van der Waals surface area contributed by atoms with Crippen molar-refractivity contribution in [1.29, 1.82) is 0 Å². The third kappa shape index (κ3) is 2.27. The van der Waals surface area contributed by atoms with Crippen molar-refractivity contribution in [3.8, 4) is 0 Å². The van der Waals surface area contributed by atoms with Gasteiger partial charge in [0.05, 0.1) is 17.1 Å². The van der Waals surface area contributed by atoms with Crippen molar-refractivity contribution in [3.63, 3.8) is 0 Å². The average molecular weight is 248 g/mol. The van der Waals surface area contributed by atoms with Crippen molar-refractivity contribution in [3.05, 3.63) is 53.1 Å². The molecule has 0 bridgehead atoms. The Labute approximate surface area is 104 Å². The molecule has 0 spiro atoms. The van der Waals surface area contributed by atoms with E-state index in [9.17, 15) is 8.78 Å². The molecule has 0 saturated carbocycles. The molecule has 94 valence electrons. The molecule has 2 aromatic carbocycles. The summed E-state index contributed by atoms with van der Waals surface area (Å²) in [7, 11) is 0. The second kappa shape index (κ2) is 4.64. The molecule has 0 aliphatic rings. The molecule has 0 saturated heterocycles. The minimum Gasteiger partial charge on any atom is -0.397 e. The maximum atomic E-state index is 13.7. The molecular formula is C14H14F2N2. The lowest BCUT2D eigenvalue weighted by molar-refractivity contribution is 0.595. The predicted octanol–water partition coefficient (Wildman–Crippen LogP) is 3.91. The first-order valence-corrected chi connectivity index (χ1v) is 5.57. The molecular weight excluding hydrogens is 234 g/mol. The summed E-state index contributed by atoms with van der Waals surface area (Å²) >= 11 is 0. The number of nitrogens with two attached hydrogens (primary N) is 1. The van der Waals surface area contributed by atoms with Crippen molar-refractivity contribution < 1.29 is 8.78 Å². The topological polar surface area (TPSA) is 38.0 Å². The van der Waals surface area contributed by atoms with Crippen LogP contribution in [0.4, 0.5) is 25.8 Å². The summed E-state index contributed by atoms with van der Waals surface area (Å²) in [5.41, 5.74) is 8.13. The van der Waals surface area contributed by atoms with Crippen LogP contribution in [0.15, 0.2) is 30.3 Å². The van der Waals surface area contributed by atoms with Gasteiger partial charge < -0.3 is 11.1 Å². The van der Waals surface area contributed by atoms with Crippen molar-refractivity contribution in [2.24, 2.45) is 0 Å². The van der Waals surface area contributed by atoms with E-state index in [1.807, 2.05) is 19.1 Å². The number of hydrogen-bond acceptors (Lipinski definition) is 2. The predicted molar refractivity (Wildman–Crippen MR) is 70.0 cm³/mol. The number of hydrogen-bond donors (Lipinski definition) is 2. The van der Waals surface area contributed by atoms with Crippen molar-refractivity contribution >= 4 is 17.1 Å². The lowest BCUT2D eigenvalue weighted by Gasteiger charge is -2.13. The van der Waals surface area contributed by atoms with Crippen LogP contribution < -0.4 is 11.1 Å². The fourth-order valence-corrected chi connectivity index (χ4v) is 1.74.